The molecule has 1 rings (SSSR count). The van der Waals surface area contributed by atoms with E-state index in [1.54, 1.807) is 18.0 Å². The molecule has 0 bridgehead atoms. The first kappa shape index (κ1) is 10.3. The number of hydrogen-bond acceptors (Lipinski definition) is 3. The van der Waals surface area contributed by atoms with Gasteiger partial charge in [0.15, 0.2) is 0 Å². The third-order valence-corrected chi connectivity index (χ3v) is 1.90. The Morgan fingerprint density at radius 3 is 2.79 bits per heavy atom. The van der Waals surface area contributed by atoms with Crippen molar-refractivity contribution in [3.63, 3.8) is 0 Å². The molecule has 0 saturated carbocycles. The van der Waals surface area contributed by atoms with Crippen molar-refractivity contribution in [2.24, 2.45) is 0 Å². The second-order valence-corrected chi connectivity index (χ2v) is 3.07. The topological polar surface area (TPSA) is 53.0 Å². The van der Waals surface area contributed by atoms with Crippen LogP contribution in [0.5, 0.6) is 0 Å². The predicted octanol–water partition coefficient (Wildman–Crippen LogP) is 1.76. The number of benzene rings is 1. The van der Waals surface area contributed by atoms with Crippen LogP contribution in [0.15, 0.2) is 18.2 Å². The van der Waals surface area contributed by atoms with E-state index >= 15 is 0 Å². The van der Waals surface area contributed by atoms with Crippen molar-refractivity contribution in [1.82, 2.24) is 0 Å². The molecule has 1 aromatic rings. The Kier molecular flexibility index (Phi) is 3.29. The molecule has 0 amide bonds. The second kappa shape index (κ2) is 4.47. The lowest BCUT2D eigenvalue weighted by Crippen LogP contribution is -2.18. The molecular formula is C10H12FN3. The average molecular weight is 193 g/mol. The van der Waals surface area contributed by atoms with Crippen molar-refractivity contribution in [2.45, 2.75) is 6.42 Å². The molecule has 0 spiro atoms. The zero-order chi connectivity index (χ0) is 10.6. The van der Waals surface area contributed by atoms with E-state index < -0.39 is 0 Å². The van der Waals surface area contributed by atoms with Crippen molar-refractivity contribution in [3.8, 4) is 6.07 Å². The highest BCUT2D eigenvalue weighted by Crippen LogP contribution is 2.18. The van der Waals surface area contributed by atoms with Crippen molar-refractivity contribution < 1.29 is 4.39 Å². The minimum Gasteiger partial charge on any atom is -0.399 e. The van der Waals surface area contributed by atoms with Gasteiger partial charge in [0, 0.05) is 25.0 Å². The zero-order valence-corrected chi connectivity index (χ0v) is 8.00. The quantitative estimate of drug-likeness (QED) is 0.744. The first-order chi connectivity index (χ1) is 6.63. The number of nitriles is 1. The van der Waals surface area contributed by atoms with Gasteiger partial charge in [-0.05, 0) is 18.2 Å². The summed E-state index contributed by atoms with van der Waals surface area (Å²) in [7, 11) is 1.80. The number of nitrogen functional groups attached to an aromatic ring is 1. The lowest BCUT2D eigenvalue weighted by Gasteiger charge is -2.18. The van der Waals surface area contributed by atoms with Gasteiger partial charge in [0.05, 0.1) is 12.5 Å². The number of rotatable bonds is 3. The smallest absolute Gasteiger partial charge is 0.127 e. The maximum absolute atomic E-state index is 12.9. The van der Waals surface area contributed by atoms with Crippen LogP contribution >= 0.6 is 0 Å². The van der Waals surface area contributed by atoms with Gasteiger partial charge in [-0.3, -0.25) is 0 Å². The van der Waals surface area contributed by atoms with Gasteiger partial charge in [-0.1, -0.05) is 0 Å². The fourth-order valence-electron chi connectivity index (χ4n) is 1.16. The molecule has 0 fully saturated rings. The highest BCUT2D eigenvalue weighted by Gasteiger charge is 2.03. The SMILES string of the molecule is CN(CCC#N)c1cc(N)cc(F)c1. The van der Waals surface area contributed by atoms with E-state index in [1.165, 1.54) is 12.1 Å². The largest absolute Gasteiger partial charge is 0.399 e. The van der Waals surface area contributed by atoms with Crippen LogP contribution in [0.4, 0.5) is 15.8 Å². The van der Waals surface area contributed by atoms with E-state index in [4.69, 9.17) is 11.0 Å². The van der Waals surface area contributed by atoms with E-state index in [0.29, 0.717) is 24.3 Å². The molecule has 0 aliphatic rings. The average Bonchev–Trinajstić information content (AvgIpc) is 2.12. The molecule has 3 nitrogen and oxygen atoms in total. The highest BCUT2D eigenvalue weighted by atomic mass is 19.1. The molecule has 0 radical (unpaired) electrons. The van der Waals surface area contributed by atoms with E-state index in [2.05, 4.69) is 0 Å². The van der Waals surface area contributed by atoms with Crippen LogP contribution < -0.4 is 10.6 Å². The van der Waals surface area contributed by atoms with Gasteiger partial charge in [-0.2, -0.15) is 5.26 Å². The molecular weight excluding hydrogens is 181 g/mol. The molecule has 0 unspecified atom stereocenters. The van der Waals surface area contributed by atoms with Crippen molar-refractivity contribution in [1.29, 1.82) is 5.26 Å². The molecule has 0 aliphatic carbocycles. The number of nitrogens with zero attached hydrogens (tertiary/aromatic N) is 2. The normalized spacial score (nSPS) is 9.50. The summed E-state index contributed by atoms with van der Waals surface area (Å²) in [5.41, 5.74) is 6.58. The summed E-state index contributed by atoms with van der Waals surface area (Å²) in [4.78, 5) is 1.79. The molecule has 0 saturated heterocycles. The summed E-state index contributed by atoms with van der Waals surface area (Å²) in [5.74, 6) is -0.358. The monoisotopic (exact) mass is 193 g/mol. The minimum absolute atomic E-state index is 0.358. The minimum atomic E-state index is -0.358. The lowest BCUT2D eigenvalue weighted by molar-refractivity contribution is 0.628. The number of hydrogen-bond donors (Lipinski definition) is 1. The van der Waals surface area contributed by atoms with Gasteiger partial charge in [0.25, 0.3) is 0 Å². The fraction of sp³-hybridized carbons (Fsp3) is 0.300. The van der Waals surface area contributed by atoms with Crippen LogP contribution in [-0.4, -0.2) is 13.6 Å². The Labute approximate surface area is 82.5 Å². The Hall–Kier alpha value is -1.76. The van der Waals surface area contributed by atoms with Gasteiger partial charge >= 0.3 is 0 Å². The standard InChI is InChI=1S/C10H12FN3/c1-14(4-2-3-12)10-6-8(11)5-9(13)7-10/h5-7H,2,4,13H2,1H3. The molecule has 0 heterocycles. The van der Waals surface area contributed by atoms with E-state index in [9.17, 15) is 4.39 Å². The van der Waals surface area contributed by atoms with E-state index in [-0.39, 0.29) is 5.82 Å². The molecule has 74 valence electrons. The first-order valence-electron chi connectivity index (χ1n) is 4.27. The van der Waals surface area contributed by atoms with Crippen LogP contribution in [0.25, 0.3) is 0 Å². The van der Waals surface area contributed by atoms with Crippen LogP contribution in [-0.2, 0) is 0 Å². The molecule has 2 N–H and O–H groups in total. The Morgan fingerprint density at radius 2 is 2.21 bits per heavy atom. The number of halogens is 1. The van der Waals surface area contributed by atoms with E-state index in [1.807, 2.05) is 6.07 Å². The first-order valence-corrected chi connectivity index (χ1v) is 4.27. The van der Waals surface area contributed by atoms with Crippen LogP contribution in [0.3, 0.4) is 0 Å². The zero-order valence-electron chi connectivity index (χ0n) is 8.00. The van der Waals surface area contributed by atoms with Gasteiger partial charge < -0.3 is 10.6 Å². The molecule has 1 aromatic carbocycles. The van der Waals surface area contributed by atoms with Crippen molar-refractivity contribution in [2.75, 3.05) is 24.2 Å². The summed E-state index contributed by atoms with van der Waals surface area (Å²) in [5, 5.41) is 8.40. The molecule has 14 heavy (non-hydrogen) atoms. The maximum Gasteiger partial charge on any atom is 0.127 e. The van der Waals surface area contributed by atoms with Crippen LogP contribution in [0, 0.1) is 17.1 Å². The highest BCUT2D eigenvalue weighted by molar-refractivity contribution is 5.55. The van der Waals surface area contributed by atoms with Gasteiger partial charge in [0.2, 0.25) is 0 Å². The summed E-state index contributed by atoms with van der Waals surface area (Å²) in [6.07, 6.45) is 0.410. The summed E-state index contributed by atoms with van der Waals surface area (Å²) >= 11 is 0. The van der Waals surface area contributed by atoms with Gasteiger partial charge in [-0.25, -0.2) is 4.39 Å². The second-order valence-electron chi connectivity index (χ2n) is 3.07. The number of nitrogens with two attached hydrogens (primary N) is 1. The summed E-state index contributed by atoms with van der Waals surface area (Å²) in [6, 6.07) is 6.37. The molecule has 0 atom stereocenters. The fourth-order valence-corrected chi connectivity index (χ4v) is 1.16. The van der Waals surface area contributed by atoms with Gasteiger partial charge in [0.1, 0.15) is 5.82 Å². The van der Waals surface area contributed by atoms with Crippen LogP contribution in [0.1, 0.15) is 6.42 Å². The van der Waals surface area contributed by atoms with Crippen LogP contribution in [0.2, 0.25) is 0 Å². The third-order valence-electron chi connectivity index (χ3n) is 1.90. The number of anilines is 2. The summed E-state index contributed by atoms with van der Waals surface area (Å²) in [6.45, 7) is 0.569. The maximum atomic E-state index is 12.9. The molecule has 4 heteroatoms. The van der Waals surface area contributed by atoms with Crippen molar-refractivity contribution in [3.05, 3.63) is 24.0 Å². The van der Waals surface area contributed by atoms with E-state index in [0.717, 1.165) is 0 Å². The van der Waals surface area contributed by atoms with Gasteiger partial charge in [-0.15, -0.1) is 0 Å². The Balaban J connectivity index is 2.79. The molecule has 0 aliphatic heterocycles. The third kappa shape index (κ3) is 2.63. The molecule has 0 aromatic heterocycles. The Bertz CT molecular complexity index is 337. The van der Waals surface area contributed by atoms with Crippen molar-refractivity contribution >= 4 is 11.4 Å². The summed E-state index contributed by atoms with van der Waals surface area (Å²) < 4.78 is 12.9. The lowest BCUT2D eigenvalue weighted by atomic mass is 10.2. The Morgan fingerprint density at radius 1 is 1.50 bits per heavy atom. The predicted molar refractivity (Wildman–Crippen MR) is 54.3 cm³/mol.